The second-order valence-electron chi connectivity index (χ2n) is 1.85. The maximum atomic E-state index is 5.06. The fourth-order valence-corrected chi connectivity index (χ4v) is 0.759. The number of oxazole rings is 1. The van der Waals surface area contributed by atoms with Crippen molar-refractivity contribution in [2.45, 2.75) is 0 Å². The molecule has 0 aliphatic carbocycles. The molecule has 2 rings (SSSR count). The van der Waals surface area contributed by atoms with Gasteiger partial charge in [-0.1, -0.05) is 0 Å². The van der Waals surface area contributed by atoms with Crippen LogP contribution in [0.3, 0.4) is 0 Å². The summed E-state index contributed by atoms with van der Waals surface area (Å²) in [6.45, 7) is 0. The Hall–Kier alpha value is -1.51. The molecule has 10 heavy (non-hydrogen) atoms. The fraction of sp³-hybridized carbons (Fsp3) is 0. The van der Waals surface area contributed by atoms with E-state index in [2.05, 4.69) is 4.98 Å². The summed E-state index contributed by atoms with van der Waals surface area (Å²) in [5, 5.41) is 0. The Balaban J connectivity index is 2.48. The molecule has 0 bridgehead atoms. The van der Waals surface area contributed by atoms with Crippen LogP contribution in [0.1, 0.15) is 0 Å². The molecule has 2 aromatic rings. The first kappa shape index (κ1) is 5.29. The molecule has 2 aromatic heterocycles. The molecular weight excluding hydrogens is 130 g/mol. The van der Waals surface area contributed by atoms with Gasteiger partial charge in [-0.3, -0.25) is 0 Å². The monoisotopic (exact) mass is 135 g/mol. The molecule has 0 unspecified atom stereocenters. The zero-order valence-electron chi connectivity index (χ0n) is 5.15. The van der Waals surface area contributed by atoms with Crippen molar-refractivity contribution in [2.75, 3.05) is 0 Å². The molecule has 0 saturated carbocycles. The molecule has 0 fully saturated rings. The summed E-state index contributed by atoms with van der Waals surface area (Å²) in [4.78, 5) is 3.90. The molecule has 0 aliphatic heterocycles. The van der Waals surface area contributed by atoms with E-state index < -0.39 is 0 Å². The molecule has 0 amide bonds. The first-order chi connectivity index (χ1) is 4.97. The van der Waals surface area contributed by atoms with E-state index in [0.717, 1.165) is 11.5 Å². The van der Waals surface area contributed by atoms with E-state index in [1.165, 1.54) is 6.39 Å². The highest BCUT2D eigenvalue weighted by Gasteiger charge is 2.00. The van der Waals surface area contributed by atoms with Crippen LogP contribution in [0.25, 0.3) is 11.5 Å². The average Bonchev–Trinajstić information content (AvgIpc) is 2.59. The molecule has 0 saturated heterocycles. The van der Waals surface area contributed by atoms with E-state index in [9.17, 15) is 0 Å². The van der Waals surface area contributed by atoms with Crippen LogP contribution in [0, 0.1) is 0 Å². The summed E-state index contributed by atoms with van der Waals surface area (Å²) in [6.07, 6.45) is 4.51. The van der Waals surface area contributed by atoms with E-state index in [1.54, 1.807) is 12.5 Å². The topological polar surface area (TPSA) is 39.2 Å². The van der Waals surface area contributed by atoms with Crippen LogP contribution < -0.4 is 0 Å². The van der Waals surface area contributed by atoms with Gasteiger partial charge in [-0.05, 0) is 12.1 Å². The number of nitrogens with zero attached hydrogens (tertiary/aromatic N) is 1. The van der Waals surface area contributed by atoms with Gasteiger partial charge in [-0.15, -0.1) is 0 Å². The highest BCUT2D eigenvalue weighted by molar-refractivity contribution is 5.48. The first-order valence-corrected chi connectivity index (χ1v) is 2.89. The van der Waals surface area contributed by atoms with Crippen molar-refractivity contribution in [3.8, 4) is 11.5 Å². The zero-order chi connectivity index (χ0) is 6.81. The van der Waals surface area contributed by atoms with Crippen molar-refractivity contribution >= 4 is 0 Å². The second kappa shape index (κ2) is 2.02. The van der Waals surface area contributed by atoms with E-state index in [-0.39, 0.29) is 0 Å². The number of rotatable bonds is 1. The molecule has 0 aromatic carbocycles. The number of hydrogen-bond acceptors (Lipinski definition) is 3. The number of aromatic nitrogens is 1. The van der Waals surface area contributed by atoms with Crippen molar-refractivity contribution in [3.63, 3.8) is 0 Å². The third-order valence-corrected chi connectivity index (χ3v) is 1.21. The predicted octanol–water partition coefficient (Wildman–Crippen LogP) is 1.93. The lowest BCUT2D eigenvalue weighted by atomic mass is 10.4. The van der Waals surface area contributed by atoms with Gasteiger partial charge in [0.15, 0.2) is 12.2 Å². The molecule has 3 heteroatoms. The summed E-state index contributed by atoms with van der Waals surface area (Å²) < 4.78 is 9.82. The Labute approximate surface area is 57.3 Å². The molecule has 0 radical (unpaired) electrons. The normalized spacial score (nSPS) is 10.0. The van der Waals surface area contributed by atoms with E-state index in [4.69, 9.17) is 8.83 Å². The number of hydrogen-bond donors (Lipinski definition) is 0. The van der Waals surface area contributed by atoms with Crippen LogP contribution in [0.15, 0.2) is 39.9 Å². The Kier molecular flexibility index (Phi) is 1.07. The fourth-order valence-electron chi connectivity index (χ4n) is 0.759. The van der Waals surface area contributed by atoms with Crippen LogP contribution in [0.4, 0.5) is 0 Å². The van der Waals surface area contributed by atoms with E-state index in [0.29, 0.717) is 0 Å². The maximum absolute atomic E-state index is 5.06. The lowest BCUT2D eigenvalue weighted by Gasteiger charge is -1.82. The summed E-state index contributed by atoms with van der Waals surface area (Å²) in [5.74, 6) is 0.730. The van der Waals surface area contributed by atoms with Crippen molar-refractivity contribution < 1.29 is 8.83 Å². The van der Waals surface area contributed by atoms with Crippen LogP contribution in [0.5, 0.6) is 0 Å². The van der Waals surface area contributed by atoms with Crippen LogP contribution >= 0.6 is 0 Å². The predicted molar refractivity (Wildman–Crippen MR) is 34.2 cm³/mol. The van der Waals surface area contributed by atoms with Gasteiger partial charge in [0, 0.05) is 0 Å². The minimum absolute atomic E-state index is 0.727. The summed E-state index contributed by atoms with van der Waals surface area (Å²) >= 11 is 0. The zero-order valence-corrected chi connectivity index (χ0v) is 5.15. The van der Waals surface area contributed by atoms with Gasteiger partial charge in [0.2, 0.25) is 0 Å². The highest BCUT2D eigenvalue weighted by atomic mass is 16.3. The van der Waals surface area contributed by atoms with E-state index >= 15 is 0 Å². The molecular formula is C7H5NO2. The van der Waals surface area contributed by atoms with Crippen molar-refractivity contribution in [1.29, 1.82) is 0 Å². The summed E-state index contributed by atoms with van der Waals surface area (Å²) in [7, 11) is 0. The quantitative estimate of drug-likeness (QED) is 0.599. The van der Waals surface area contributed by atoms with Gasteiger partial charge in [-0.2, -0.15) is 0 Å². The molecule has 2 heterocycles. The van der Waals surface area contributed by atoms with E-state index in [1.807, 2.05) is 12.1 Å². The minimum Gasteiger partial charge on any atom is -0.463 e. The first-order valence-electron chi connectivity index (χ1n) is 2.89. The Morgan fingerprint density at radius 1 is 1.40 bits per heavy atom. The number of furan rings is 1. The van der Waals surface area contributed by atoms with Gasteiger partial charge >= 0.3 is 0 Å². The van der Waals surface area contributed by atoms with Gasteiger partial charge < -0.3 is 8.83 Å². The standard InChI is InChI=1S/C7H5NO2/c1-2-7(10-3-1)6-4-9-5-8-6/h1-5H. The molecule has 3 nitrogen and oxygen atoms in total. The molecule has 0 atom stereocenters. The SMILES string of the molecule is c1coc(-c2cocn2)c1. The second-order valence-corrected chi connectivity index (χ2v) is 1.85. The third-order valence-electron chi connectivity index (χ3n) is 1.21. The smallest absolute Gasteiger partial charge is 0.181 e. The van der Waals surface area contributed by atoms with Crippen molar-refractivity contribution in [3.05, 3.63) is 31.1 Å². The van der Waals surface area contributed by atoms with Crippen molar-refractivity contribution in [2.24, 2.45) is 0 Å². The van der Waals surface area contributed by atoms with Gasteiger partial charge in [0.05, 0.1) is 6.26 Å². The van der Waals surface area contributed by atoms with Crippen molar-refractivity contribution in [1.82, 2.24) is 4.98 Å². The van der Waals surface area contributed by atoms with Gasteiger partial charge in [0.25, 0.3) is 0 Å². The average molecular weight is 135 g/mol. The molecule has 0 spiro atoms. The molecule has 0 aliphatic rings. The van der Waals surface area contributed by atoms with Gasteiger partial charge in [0.1, 0.15) is 12.0 Å². The third kappa shape index (κ3) is 0.719. The summed E-state index contributed by atoms with van der Waals surface area (Å²) in [6, 6.07) is 3.64. The molecule has 0 N–H and O–H groups in total. The van der Waals surface area contributed by atoms with Crippen LogP contribution in [-0.4, -0.2) is 4.98 Å². The largest absolute Gasteiger partial charge is 0.463 e. The lowest BCUT2D eigenvalue weighted by Crippen LogP contribution is -1.68. The van der Waals surface area contributed by atoms with Gasteiger partial charge in [-0.25, -0.2) is 4.98 Å². The lowest BCUT2D eigenvalue weighted by molar-refractivity contribution is 0.555. The Bertz CT molecular complexity index is 251. The minimum atomic E-state index is 0.727. The van der Waals surface area contributed by atoms with Crippen LogP contribution in [0.2, 0.25) is 0 Å². The maximum Gasteiger partial charge on any atom is 0.181 e. The summed E-state index contributed by atoms with van der Waals surface area (Å²) in [5.41, 5.74) is 0.727. The Morgan fingerprint density at radius 2 is 2.40 bits per heavy atom. The Morgan fingerprint density at radius 3 is 3.00 bits per heavy atom. The van der Waals surface area contributed by atoms with Crippen LogP contribution in [-0.2, 0) is 0 Å². The molecule has 50 valence electrons. The highest BCUT2D eigenvalue weighted by Crippen LogP contribution is 2.15.